The average Bonchev–Trinajstić information content (AvgIpc) is 3.73. The molecule has 0 amide bonds. The van der Waals surface area contributed by atoms with E-state index in [1.54, 1.807) is 0 Å². The zero-order valence-electron chi connectivity index (χ0n) is 26.3. The number of aryl methyl sites for hydroxylation is 2. The predicted octanol–water partition coefficient (Wildman–Crippen LogP) is 8.59. The third-order valence-electron chi connectivity index (χ3n) is 11.0. The van der Waals surface area contributed by atoms with Crippen LogP contribution in [-0.4, -0.2) is 12.5 Å². The largest absolute Gasteiger partial charge is 0.311 e. The minimum absolute atomic E-state index is 1.20. The maximum absolute atomic E-state index is 2.62. The van der Waals surface area contributed by atoms with E-state index in [0.717, 1.165) is 0 Å². The Kier molecular flexibility index (Phi) is 4.77. The molecule has 2 aliphatic rings. The van der Waals surface area contributed by atoms with Crippen molar-refractivity contribution >= 4 is 84.0 Å². The maximum atomic E-state index is 2.55. The van der Waals surface area contributed by atoms with Crippen LogP contribution >= 0.6 is 0 Å². The quantitative estimate of drug-likeness (QED) is 0.168. The molecule has 0 unspecified atom stereocenters. The van der Waals surface area contributed by atoms with Crippen molar-refractivity contribution in [2.45, 2.75) is 13.8 Å². The van der Waals surface area contributed by atoms with Gasteiger partial charge in [-0.25, -0.2) is 0 Å². The van der Waals surface area contributed by atoms with Crippen LogP contribution in [0.1, 0.15) is 11.1 Å². The van der Waals surface area contributed by atoms with Gasteiger partial charge in [0.05, 0.1) is 16.6 Å². The molecule has 0 radical (unpaired) electrons. The van der Waals surface area contributed by atoms with E-state index >= 15 is 0 Å². The first-order chi connectivity index (χ1) is 23.1. The van der Waals surface area contributed by atoms with Crippen molar-refractivity contribution in [1.29, 1.82) is 0 Å². The van der Waals surface area contributed by atoms with E-state index in [1.807, 2.05) is 0 Å². The topological polar surface area (TPSA) is 7.65 Å². The van der Waals surface area contributed by atoms with Crippen LogP contribution in [0.25, 0.3) is 49.2 Å². The monoisotopic (exact) mass is 614 g/mol. The van der Waals surface area contributed by atoms with Crippen molar-refractivity contribution < 1.29 is 0 Å². The molecule has 9 aromatic rings. The lowest BCUT2D eigenvalue weighted by atomic mass is 10.1. The fourth-order valence-corrected chi connectivity index (χ4v) is 14.9. The van der Waals surface area contributed by atoms with Gasteiger partial charge >= 0.3 is 0 Å². The summed E-state index contributed by atoms with van der Waals surface area (Å²) in [6.07, 6.45) is 0. The first-order valence-corrected chi connectivity index (χ1v) is 18.5. The van der Waals surface area contributed by atoms with Crippen LogP contribution in [0.4, 0.5) is 17.1 Å². The molecule has 11 rings (SSSR count). The summed E-state index contributed by atoms with van der Waals surface area (Å²) in [6, 6.07) is 55.5. The summed E-state index contributed by atoms with van der Waals surface area (Å²) in [7, 11) is -2.62. The minimum Gasteiger partial charge on any atom is -0.311 e. The molecule has 2 nitrogen and oxygen atoms in total. The second-order valence-electron chi connectivity index (χ2n) is 13.5. The summed E-state index contributed by atoms with van der Waals surface area (Å²) in [5.74, 6) is 0. The van der Waals surface area contributed by atoms with E-state index in [2.05, 4.69) is 169 Å². The van der Waals surface area contributed by atoms with Crippen molar-refractivity contribution in [2.75, 3.05) is 4.90 Å². The summed E-state index contributed by atoms with van der Waals surface area (Å²) in [5.41, 5.74) is 13.0. The van der Waals surface area contributed by atoms with Crippen LogP contribution in [-0.2, 0) is 0 Å². The van der Waals surface area contributed by atoms with Gasteiger partial charge in [0.25, 0.3) is 0 Å². The molecule has 0 fully saturated rings. The van der Waals surface area contributed by atoms with Crippen LogP contribution < -0.4 is 25.6 Å². The van der Waals surface area contributed by atoms with E-state index in [0.29, 0.717) is 0 Å². The van der Waals surface area contributed by atoms with E-state index < -0.39 is 8.07 Å². The number of hydrogen-bond acceptors (Lipinski definition) is 1. The third kappa shape index (κ3) is 3.01. The van der Waals surface area contributed by atoms with E-state index in [9.17, 15) is 0 Å². The number of rotatable bonds is 1. The molecule has 1 spiro atoms. The van der Waals surface area contributed by atoms with Crippen LogP contribution in [0, 0.1) is 13.8 Å². The molecule has 220 valence electrons. The van der Waals surface area contributed by atoms with Crippen molar-refractivity contribution in [3.8, 4) is 11.1 Å². The molecule has 2 aromatic heterocycles. The molecule has 0 N–H and O–H groups in total. The fraction of sp³-hybridized carbons (Fsp3) is 0.0455. The van der Waals surface area contributed by atoms with Crippen LogP contribution in [0.3, 0.4) is 0 Å². The molecule has 0 bridgehead atoms. The molecule has 0 saturated carbocycles. The Labute approximate surface area is 274 Å². The summed E-state index contributed by atoms with van der Waals surface area (Å²) in [6.45, 7) is 4.50. The Morgan fingerprint density at radius 3 is 1.66 bits per heavy atom. The maximum Gasteiger partial charge on any atom is 0.185 e. The molecule has 2 aliphatic heterocycles. The van der Waals surface area contributed by atoms with Gasteiger partial charge in [0.1, 0.15) is 0 Å². The number of benzene rings is 7. The van der Waals surface area contributed by atoms with Gasteiger partial charge in [0.15, 0.2) is 8.07 Å². The lowest BCUT2D eigenvalue weighted by molar-refractivity contribution is 1.28. The Hall–Kier alpha value is -5.64. The van der Waals surface area contributed by atoms with E-state index in [4.69, 9.17) is 0 Å². The third-order valence-corrected chi connectivity index (χ3v) is 15.9. The van der Waals surface area contributed by atoms with Gasteiger partial charge in [-0.15, -0.1) is 0 Å². The molecular weight excluding hydrogens is 585 g/mol. The minimum atomic E-state index is -2.62. The second-order valence-corrected chi connectivity index (χ2v) is 17.1. The van der Waals surface area contributed by atoms with Gasteiger partial charge < -0.3 is 9.30 Å². The van der Waals surface area contributed by atoms with Gasteiger partial charge in [-0.3, -0.25) is 0 Å². The lowest BCUT2D eigenvalue weighted by Gasteiger charge is -2.44. The van der Waals surface area contributed by atoms with Crippen molar-refractivity contribution in [3.05, 3.63) is 157 Å². The molecule has 7 aromatic carbocycles. The number of nitrogens with zero attached hydrogens (tertiary/aromatic N) is 2. The first-order valence-electron chi connectivity index (χ1n) is 16.5. The summed E-state index contributed by atoms with van der Waals surface area (Å²) >= 11 is 0. The van der Waals surface area contributed by atoms with Crippen LogP contribution in [0.2, 0.25) is 0 Å². The molecule has 0 aliphatic carbocycles. The smallest absolute Gasteiger partial charge is 0.185 e. The molecule has 47 heavy (non-hydrogen) atoms. The number of para-hydroxylation sites is 2. The highest BCUT2D eigenvalue weighted by molar-refractivity contribution is 7.23. The normalized spacial score (nSPS) is 14.3. The first kappa shape index (κ1) is 25.5. The zero-order valence-corrected chi connectivity index (χ0v) is 27.3. The number of fused-ring (bicyclic) bond motifs is 15. The Balaban J connectivity index is 1.25. The zero-order chi connectivity index (χ0) is 31.0. The van der Waals surface area contributed by atoms with Crippen LogP contribution in [0.15, 0.2) is 146 Å². The second kappa shape index (κ2) is 8.78. The van der Waals surface area contributed by atoms with Gasteiger partial charge in [0, 0.05) is 38.6 Å². The predicted molar refractivity (Wildman–Crippen MR) is 201 cm³/mol. The van der Waals surface area contributed by atoms with E-state index in [-0.39, 0.29) is 0 Å². The van der Waals surface area contributed by atoms with Gasteiger partial charge in [-0.1, -0.05) is 120 Å². The SMILES string of the molecule is Cc1ccc2c(c1)[Si]1(c3ccccc3-c3ccccc31)c1cc(C)ccc1N2c1ccc2c(c1)c1cccc3c4ccccc4n2c31. The van der Waals surface area contributed by atoms with Crippen LogP contribution in [0.5, 0.6) is 0 Å². The fourth-order valence-electron chi connectivity index (χ4n) is 9.22. The summed E-state index contributed by atoms with van der Waals surface area (Å²) in [5, 5.41) is 11.2. The van der Waals surface area contributed by atoms with Crippen molar-refractivity contribution in [1.82, 2.24) is 4.40 Å². The summed E-state index contributed by atoms with van der Waals surface area (Å²) < 4.78 is 2.47. The highest BCUT2D eigenvalue weighted by Gasteiger charge is 2.54. The molecule has 4 heterocycles. The van der Waals surface area contributed by atoms with E-state index in [1.165, 1.54) is 98.2 Å². The Morgan fingerprint density at radius 2 is 0.979 bits per heavy atom. The molecule has 0 atom stereocenters. The number of anilines is 3. The Morgan fingerprint density at radius 1 is 0.426 bits per heavy atom. The Bertz CT molecular complexity index is 2690. The molecule has 0 saturated heterocycles. The standard InChI is InChI=1S/C44H30N2Si/c1-27-18-21-38-42(24-27)47(40-16-7-4-11-31(40)32-12-5-8-17-41(32)47)43-25-28(2)19-22-39(43)45(38)29-20-23-37-35(26-29)34-14-9-13-33-30-10-3-6-15-36(30)46(37)44(33)34/h3-26H,1-2H3. The molecule has 3 heteroatoms. The number of aromatic nitrogens is 1. The van der Waals surface area contributed by atoms with Crippen molar-refractivity contribution in [2.24, 2.45) is 0 Å². The van der Waals surface area contributed by atoms with Gasteiger partial charge in [0.2, 0.25) is 0 Å². The highest BCUT2D eigenvalue weighted by Crippen LogP contribution is 2.45. The number of hydrogen-bond donors (Lipinski definition) is 0. The summed E-state index contributed by atoms with van der Waals surface area (Å²) in [4.78, 5) is 2.55. The highest BCUT2D eigenvalue weighted by atomic mass is 28.3. The molecular formula is C44H30N2Si. The van der Waals surface area contributed by atoms with Gasteiger partial charge in [-0.05, 0) is 82.1 Å². The van der Waals surface area contributed by atoms with Crippen molar-refractivity contribution in [3.63, 3.8) is 0 Å². The average molecular weight is 615 g/mol. The van der Waals surface area contributed by atoms with Gasteiger partial charge in [-0.2, -0.15) is 0 Å². The lowest BCUT2D eigenvalue weighted by Crippen LogP contribution is -2.75.